The fraction of sp³-hybridized carbons (Fsp3) is 0.714. The molecule has 0 radical (unpaired) electrons. The Morgan fingerprint density at radius 3 is 2.60 bits per heavy atom. The molecule has 5 nitrogen and oxygen atoms in total. The normalized spacial score (nSPS) is 22.9. The quantitative estimate of drug-likeness (QED) is 0.549. The molecule has 1 atom stereocenters. The van der Waals surface area contributed by atoms with Crippen molar-refractivity contribution in [2.75, 3.05) is 13.2 Å². The number of ether oxygens (including phenoxy) is 1. The van der Waals surface area contributed by atoms with Crippen molar-refractivity contribution in [1.29, 1.82) is 0 Å². The number of nitrogens with zero attached hydrogens (tertiary/aromatic N) is 1. The first-order chi connectivity index (χ1) is 6.91. The molecule has 1 heterocycles. The Kier molecular flexibility index (Phi) is 3.51. The first-order valence-corrected chi connectivity index (χ1v) is 4.12. The molecule has 0 aromatic carbocycles. The highest BCUT2D eigenvalue weighted by Gasteiger charge is 2.42. The van der Waals surface area contributed by atoms with E-state index in [2.05, 4.69) is 5.10 Å². The van der Waals surface area contributed by atoms with E-state index < -0.39 is 23.9 Å². The Morgan fingerprint density at radius 2 is 2.20 bits per heavy atom. The Bertz CT molecular complexity index is 271. The van der Waals surface area contributed by atoms with Crippen LogP contribution in [0.5, 0.6) is 0 Å². The summed E-state index contributed by atoms with van der Waals surface area (Å²) < 4.78 is 42.0. The fourth-order valence-corrected chi connectivity index (χ4v) is 1.24. The number of amides is 1. The average molecular weight is 226 g/mol. The Morgan fingerprint density at radius 1 is 1.53 bits per heavy atom. The number of carboxylic acid groups (broad SMARTS) is 1. The number of alkyl halides is 3. The molecule has 0 bridgehead atoms. The van der Waals surface area contributed by atoms with Crippen LogP contribution >= 0.6 is 0 Å². The highest BCUT2D eigenvalue weighted by molar-refractivity contribution is 5.92. The van der Waals surface area contributed by atoms with E-state index in [0.717, 1.165) is 0 Å². The van der Waals surface area contributed by atoms with Crippen LogP contribution in [0.15, 0.2) is 5.10 Å². The predicted octanol–water partition coefficient (Wildman–Crippen LogP) is 1.21. The van der Waals surface area contributed by atoms with E-state index in [1.54, 1.807) is 0 Å². The zero-order valence-electron chi connectivity index (χ0n) is 7.54. The monoisotopic (exact) mass is 226 g/mol. The van der Waals surface area contributed by atoms with Crippen molar-refractivity contribution < 1.29 is 27.8 Å². The second-order valence-corrected chi connectivity index (χ2v) is 2.97. The zero-order chi connectivity index (χ0) is 11.5. The summed E-state index contributed by atoms with van der Waals surface area (Å²) in [4.78, 5) is 10.0. The van der Waals surface area contributed by atoms with Crippen LogP contribution in [-0.4, -0.2) is 36.3 Å². The van der Waals surface area contributed by atoms with E-state index >= 15 is 0 Å². The van der Waals surface area contributed by atoms with Crippen molar-refractivity contribution in [3.05, 3.63) is 0 Å². The molecular weight excluding hydrogens is 217 g/mol. The Labute approximate surface area is 82.9 Å². The van der Waals surface area contributed by atoms with Gasteiger partial charge in [-0.2, -0.15) is 18.3 Å². The Balaban J connectivity index is 2.77. The van der Waals surface area contributed by atoms with E-state index in [-0.39, 0.29) is 19.6 Å². The standard InChI is InChI=1S/C7H9F3N2O3/c8-7(9,10)5(11-12-6(13)14)4-1-2-15-3-4/h4,12H,1-3H2,(H,13,14)/b11-5-. The second kappa shape index (κ2) is 4.47. The molecule has 1 amide bonds. The summed E-state index contributed by atoms with van der Waals surface area (Å²) in [6.07, 6.45) is -6.07. The van der Waals surface area contributed by atoms with E-state index in [4.69, 9.17) is 9.84 Å². The third-order valence-corrected chi connectivity index (χ3v) is 1.88. The predicted molar refractivity (Wildman–Crippen MR) is 43.6 cm³/mol. The second-order valence-electron chi connectivity index (χ2n) is 2.97. The van der Waals surface area contributed by atoms with Crippen LogP contribution in [0.3, 0.4) is 0 Å². The van der Waals surface area contributed by atoms with Gasteiger partial charge in [-0.25, -0.2) is 10.2 Å². The lowest BCUT2D eigenvalue weighted by atomic mass is 10.0. The lowest BCUT2D eigenvalue weighted by molar-refractivity contribution is -0.0634. The van der Waals surface area contributed by atoms with Crippen LogP contribution in [0.2, 0.25) is 0 Å². The number of hydrazone groups is 1. The number of nitrogens with one attached hydrogen (secondary N) is 1. The van der Waals surface area contributed by atoms with Gasteiger partial charge in [0.2, 0.25) is 0 Å². The van der Waals surface area contributed by atoms with E-state index in [9.17, 15) is 18.0 Å². The maximum atomic E-state index is 12.4. The summed E-state index contributed by atoms with van der Waals surface area (Å²) in [5.41, 5.74) is 0.221. The third-order valence-electron chi connectivity index (χ3n) is 1.88. The van der Waals surface area contributed by atoms with Gasteiger partial charge in [0.25, 0.3) is 0 Å². The molecule has 1 fully saturated rings. The minimum atomic E-state index is -4.64. The summed E-state index contributed by atoms with van der Waals surface area (Å²) in [5, 5.41) is 11.0. The first kappa shape index (κ1) is 11.8. The van der Waals surface area contributed by atoms with Crippen LogP contribution in [0.1, 0.15) is 6.42 Å². The van der Waals surface area contributed by atoms with Gasteiger partial charge in [-0.1, -0.05) is 0 Å². The number of hydrogen-bond acceptors (Lipinski definition) is 3. The minimum absolute atomic E-state index is 0.0837. The van der Waals surface area contributed by atoms with Gasteiger partial charge >= 0.3 is 12.3 Å². The molecule has 0 aromatic rings. The summed E-state index contributed by atoms with van der Waals surface area (Å²) in [6.45, 7) is 0.145. The molecule has 0 aliphatic carbocycles. The van der Waals surface area contributed by atoms with Crippen molar-refractivity contribution in [1.82, 2.24) is 5.43 Å². The van der Waals surface area contributed by atoms with Gasteiger partial charge in [-0.15, -0.1) is 0 Å². The number of carbonyl (C=O) groups is 1. The van der Waals surface area contributed by atoms with Crippen LogP contribution in [0, 0.1) is 5.92 Å². The van der Waals surface area contributed by atoms with Gasteiger partial charge < -0.3 is 9.84 Å². The smallest absolute Gasteiger partial charge is 0.431 e. The summed E-state index contributed by atoms with van der Waals surface area (Å²) in [6, 6.07) is 0. The molecule has 1 aliphatic heterocycles. The van der Waals surface area contributed by atoms with E-state index in [1.807, 2.05) is 0 Å². The molecule has 8 heteroatoms. The molecule has 15 heavy (non-hydrogen) atoms. The van der Waals surface area contributed by atoms with E-state index in [1.165, 1.54) is 5.43 Å². The average Bonchev–Trinajstić information content (AvgIpc) is 2.54. The molecule has 1 rings (SSSR count). The molecule has 0 saturated carbocycles. The molecule has 1 unspecified atom stereocenters. The lowest BCUT2D eigenvalue weighted by Crippen LogP contribution is -2.34. The zero-order valence-corrected chi connectivity index (χ0v) is 7.54. The lowest BCUT2D eigenvalue weighted by Gasteiger charge is -2.14. The van der Waals surface area contributed by atoms with Gasteiger partial charge in [0.1, 0.15) is 5.71 Å². The van der Waals surface area contributed by atoms with Crippen molar-refractivity contribution in [3.8, 4) is 0 Å². The number of rotatable bonds is 2. The molecule has 1 aliphatic rings. The molecule has 0 aromatic heterocycles. The SMILES string of the molecule is O=C(O)N/N=C(/C1CCOC1)C(F)(F)F. The highest BCUT2D eigenvalue weighted by atomic mass is 19.4. The molecular formula is C7H9F3N2O3. The minimum Gasteiger partial charge on any atom is -0.464 e. The summed E-state index contributed by atoms with van der Waals surface area (Å²) in [7, 11) is 0. The number of hydrogen-bond donors (Lipinski definition) is 2. The van der Waals surface area contributed by atoms with Gasteiger partial charge in [0.05, 0.1) is 6.61 Å². The van der Waals surface area contributed by atoms with Gasteiger partial charge in [-0.3, -0.25) is 0 Å². The summed E-state index contributed by atoms with van der Waals surface area (Å²) >= 11 is 0. The van der Waals surface area contributed by atoms with E-state index in [0.29, 0.717) is 0 Å². The van der Waals surface area contributed by atoms with Gasteiger partial charge in [0, 0.05) is 12.5 Å². The van der Waals surface area contributed by atoms with Crippen molar-refractivity contribution in [3.63, 3.8) is 0 Å². The molecule has 86 valence electrons. The molecule has 2 N–H and O–H groups in total. The Hall–Kier alpha value is -1.31. The van der Waals surface area contributed by atoms with Gasteiger partial charge in [-0.05, 0) is 6.42 Å². The summed E-state index contributed by atoms with van der Waals surface area (Å²) in [5.74, 6) is -0.892. The van der Waals surface area contributed by atoms with Crippen LogP contribution < -0.4 is 5.43 Å². The van der Waals surface area contributed by atoms with Crippen LogP contribution in [0.25, 0.3) is 0 Å². The maximum absolute atomic E-state index is 12.4. The van der Waals surface area contributed by atoms with Crippen LogP contribution in [-0.2, 0) is 4.74 Å². The maximum Gasteiger partial charge on any atom is 0.431 e. The highest BCUT2D eigenvalue weighted by Crippen LogP contribution is 2.26. The third kappa shape index (κ3) is 3.39. The fourth-order valence-electron chi connectivity index (χ4n) is 1.24. The van der Waals surface area contributed by atoms with Crippen molar-refractivity contribution in [2.24, 2.45) is 11.0 Å². The topological polar surface area (TPSA) is 70.9 Å². The van der Waals surface area contributed by atoms with Gasteiger partial charge in [0.15, 0.2) is 0 Å². The van der Waals surface area contributed by atoms with Crippen LogP contribution in [0.4, 0.5) is 18.0 Å². The van der Waals surface area contributed by atoms with Crippen molar-refractivity contribution >= 4 is 11.8 Å². The largest absolute Gasteiger partial charge is 0.464 e. The first-order valence-electron chi connectivity index (χ1n) is 4.12. The molecule has 1 saturated heterocycles. The van der Waals surface area contributed by atoms with Crippen molar-refractivity contribution in [2.45, 2.75) is 12.6 Å². The number of halogens is 3. The molecule has 0 spiro atoms.